The minimum atomic E-state index is -0.572. The molecule has 0 aliphatic carbocycles. The molecule has 110 valence electrons. The van der Waals surface area contributed by atoms with Gasteiger partial charge in [-0.25, -0.2) is 4.39 Å². The third-order valence-electron chi connectivity index (χ3n) is 3.33. The number of anilines is 1. The molecule has 21 heavy (non-hydrogen) atoms. The zero-order chi connectivity index (χ0) is 15.2. The second kappa shape index (κ2) is 4.81. The fourth-order valence-electron chi connectivity index (χ4n) is 2.42. The smallest absolute Gasteiger partial charge is 0.169 e. The predicted octanol–water partition coefficient (Wildman–Crippen LogP) is 4.57. The number of nitrogens with two attached hydrogens (primary N) is 1. The fraction of sp³-hybridized carbons (Fsp3) is 0.250. The van der Waals surface area contributed by atoms with Gasteiger partial charge in [0.1, 0.15) is 11.4 Å². The van der Waals surface area contributed by atoms with Crippen LogP contribution in [0.5, 0.6) is 17.2 Å². The van der Waals surface area contributed by atoms with Gasteiger partial charge in [0, 0.05) is 24.1 Å². The molecular weight excluding hydrogens is 293 g/mol. The zero-order valence-electron chi connectivity index (χ0n) is 11.7. The maximum Gasteiger partial charge on any atom is 0.169 e. The van der Waals surface area contributed by atoms with E-state index in [1.54, 1.807) is 6.07 Å². The van der Waals surface area contributed by atoms with E-state index in [1.807, 2.05) is 26.0 Å². The molecule has 5 heteroatoms. The maximum absolute atomic E-state index is 13.3. The molecular formula is C16H15ClFNO2. The molecule has 0 spiro atoms. The molecule has 0 fully saturated rings. The molecule has 0 saturated heterocycles. The first-order valence-corrected chi connectivity index (χ1v) is 6.97. The zero-order valence-corrected chi connectivity index (χ0v) is 12.5. The van der Waals surface area contributed by atoms with Gasteiger partial charge in [-0.1, -0.05) is 23.7 Å². The van der Waals surface area contributed by atoms with Gasteiger partial charge in [-0.2, -0.15) is 0 Å². The molecule has 2 aromatic carbocycles. The molecule has 0 unspecified atom stereocenters. The lowest BCUT2D eigenvalue weighted by molar-refractivity contribution is 0.135. The van der Waals surface area contributed by atoms with Crippen LogP contribution < -0.4 is 15.2 Å². The Morgan fingerprint density at radius 2 is 2.05 bits per heavy atom. The van der Waals surface area contributed by atoms with Gasteiger partial charge in [0.05, 0.1) is 10.7 Å². The summed E-state index contributed by atoms with van der Waals surface area (Å²) in [5.74, 6) is 0.982. The fourth-order valence-corrected chi connectivity index (χ4v) is 2.57. The van der Waals surface area contributed by atoms with Gasteiger partial charge in [-0.15, -0.1) is 0 Å². The standard InChI is InChI=1S/C16H15ClFNO2/c1-16(2)8-9-4-3-5-13(15(9)21-16)20-14-6-10(17)11(18)7-12(14)19/h3-7H,8,19H2,1-2H3. The van der Waals surface area contributed by atoms with E-state index in [0.717, 1.165) is 18.1 Å². The summed E-state index contributed by atoms with van der Waals surface area (Å²) in [6.07, 6.45) is 0.805. The van der Waals surface area contributed by atoms with Crippen molar-refractivity contribution >= 4 is 17.3 Å². The molecule has 0 amide bonds. The molecule has 0 bridgehead atoms. The highest BCUT2D eigenvalue weighted by atomic mass is 35.5. The van der Waals surface area contributed by atoms with Crippen molar-refractivity contribution in [1.29, 1.82) is 0 Å². The predicted molar refractivity (Wildman–Crippen MR) is 80.7 cm³/mol. The van der Waals surface area contributed by atoms with Gasteiger partial charge in [-0.05, 0) is 19.9 Å². The van der Waals surface area contributed by atoms with E-state index in [4.69, 9.17) is 26.8 Å². The van der Waals surface area contributed by atoms with Crippen LogP contribution in [0.15, 0.2) is 30.3 Å². The molecule has 0 atom stereocenters. The van der Waals surface area contributed by atoms with Crippen molar-refractivity contribution < 1.29 is 13.9 Å². The number of nitrogen functional groups attached to an aromatic ring is 1. The van der Waals surface area contributed by atoms with Crippen molar-refractivity contribution in [2.24, 2.45) is 0 Å². The van der Waals surface area contributed by atoms with E-state index in [9.17, 15) is 4.39 Å². The molecule has 3 rings (SSSR count). The Hall–Kier alpha value is -1.94. The summed E-state index contributed by atoms with van der Waals surface area (Å²) in [4.78, 5) is 0. The van der Waals surface area contributed by atoms with E-state index in [0.29, 0.717) is 17.2 Å². The largest absolute Gasteiger partial charge is 0.483 e. The number of ether oxygens (including phenoxy) is 2. The lowest BCUT2D eigenvalue weighted by Gasteiger charge is -2.18. The van der Waals surface area contributed by atoms with Gasteiger partial charge < -0.3 is 15.2 Å². The summed E-state index contributed by atoms with van der Waals surface area (Å²) >= 11 is 5.77. The van der Waals surface area contributed by atoms with Crippen molar-refractivity contribution in [2.75, 3.05) is 5.73 Å². The van der Waals surface area contributed by atoms with Crippen LogP contribution in [-0.2, 0) is 6.42 Å². The number of benzene rings is 2. The molecule has 3 nitrogen and oxygen atoms in total. The Bertz CT molecular complexity index is 716. The molecule has 0 radical (unpaired) electrons. The number of fused-ring (bicyclic) bond motifs is 1. The number of rotatable bonds is 2. The van der Waals surface area contributed by atoms with Crippen molar-refractivity contribution in [3.8, 4) is 17.2 Å². The second-order valence-corrected chi connectivity index (χ2v) is 6.10. The van der Waals surface area contributed by atoms with Crippen LogP contribution >= 0.6 is 11.6 Å². The van der Waals surface area contributed by atoms with Gasteiger partial charge in [0.25, 0.3) is 0 Å². The van der Waals surface area contributed by atoms with Crippen molar-refractivity contribution in [1.82, 2.24) is 0 Å². The molecule has 1 aliphatic heterocycles. The van der Waals surface area contributed by atoms with E-state index in [1.165, 1.54) is 6.07 Å². The highest BCUT2D eigenvalue weighted by Gasteiger charge is 2.32. The van der Waals surface area contributed by atoms with E-state index >= 15 is 0 Å². The lowest BCUT2D eigenvalue weighted by Crippen LogP contribution is -2.24. The number of hydrogen-bond acceptors (Lipinski definition) is 3. The first-order chi connectivity index (χ1) is 9.85. The van der Waals surface area contributed by atoms with E-state index in [-0.39, 0.29) is 16.3 Å². The van der Waals surface area contributed by atoms with Crippen molar-refractivity contribution in [3.63, 3.8) is 0 Å². The van der Waals surface area contributed by atoms with Gasteiger partial charge in [-0.3, -0.25) is 0 Å². The van der Waals surface area contributed by atoms with Crippen LogP contribution in [0.25, 0.3) is 0 Å². The first kappa shape index (κ1) is 14.0. The molecule has 2 aromatic rings. The average molecular weight is 308 g/mol. The number of halogens is 2. The first-order valence-electron chi connectivity index (χ1n) is 6.59. The minimum Gasteiger partial charge on any atom is -0.483 e. The van der Waals surface area contributed by atoms with Gasteiger partial charge in [0.15, 0.2) is 17.2 Å². The number of para-hydroxylation sites is 1. The highest BCUT2D eigenvalue weighted by molar-refractivity contribution is 6.31. The summed E-state index contributed by atoms with van der Waals surface area (Å²) in [5.41, 5.74) is 6.76. The monoisotopic (exact) mass is 307 g/mol. The second-order valence-electron chi connectivity index (χ2n) is 5.69. The van der Waals surface area contributed by atoms with Gasteiger partial charge >= 0.3 is 0 Å². The molecule has 0 saturated carbocycles. The quantitative estimate of drug-likeness (QED) is 0.827. The molecule has 1 heterocycles. The van der Waals surface area contributed by atoms with Crippen molar-refractivity contribution in [2.45, 2.75) is 25.9 Å². The summed E-state index contributed by atoms with van der Waals surface area (Å²) in [5, 5.41) is -0.0342. The van der Waals surface area contributed by atoms with E-state index in [2.05, 4.69) is 0 Å². The van der Waals surface area contributed by atoms with Crippen LogP contribution in [0.3, 0.4) is 0 Å². The molecule has 0 aromatic heterocycles. The van der Waals surface area contributed by atoms with Crippen LogP contribution in [0.4, 0.5) is 10.1 Å². The summed E-state index contributed by atoms with van der Waals surface area (Å²) in [7, 11) is 0. The number of hydrogen-bond donors (Lipinski definition) is 1. The van der Waals surface area contributed by atoms with E-state index < -0.39 is 5.82 Å². The Morgan fingerprint density at radius 3 is 2.81 bits per heavy atom. The Morgan fingerprint density at radius 1 is 1.29 bits per heavy atom. The van der Waals surface area contributed by atoms with Crippen LogP contribution in [0.2, 0.25) is 5.02 Å². The molecule has 2 N–H and O–H groups in total. The van der Waals surface area contributed by atoms with Crippen LogP contribution in [0.1, 0.15) is 19.4 Å². The average Bonchev–Trinajstić information content (AvgIpc) is 2.71. The summed E-state index contributed by atoms with van der Waals surface area (Å²) in [6, 6.07) is 8.19. The minimum absolute atomic E-state index is 0.0342. The Balaban J connectivity index is 1.98. The summed E-state index contributed by atoms with van der Waals surface area (Å²) in [6.45, 7) is 4.03. The lowest BCUT2D eigenvalue weighted by atomic mass is 10.0. The normalized spacial score (nSPS) is 15.4. The van der Waals surface area contributed by atoms with Crippen LogP contribution in [0, 0.1) is 5.82 Å². The Kier molecular flexibility index (Phi) is 3.21. The summed E-state index contributed by atoms with van der Waals surface area (Å²) < 4.78 is 25.0. The topological polar surface area (TPSA) is 44.5 Å². The third-order valence-corrected chi connectivity index (χ3v) is 3.62. The Labute approximate surface area is 127 Å². The SMILES string of the molecule is CC1(C)Cc2cccc(Oc3cc(Cl)c(F)cc3N)c2O1. The maximum atomic E-state index is 13.3. The highest BCUT2D eigenvalue weighted by Crippen LogP contribution is 2.44. The molecule has 1 aliphatic rings. The van der Waals surface area contributed by atoms with Crippen LogP contribution in [-0.4, -0.2) is 5.60 Å². The van der Waals surface area contributed by atoms with Crippen molar-refractivity contribution in [3.05, 3.63) is 46.7 Å². The third kappa shape index (κ3) is 2.63. The van der Waals surface area contributed by atoms with Gasteiger partial charge in [0.2, 0.25) is 0 Å².